The summed E-state index contributed by atoms with van der Waals surface area (Å²) in [7, 11) is 3.75. The molecule has 0 atom stereocenters. The Balaban J connectivity index is 1.92. The van der Waals surface area contributed by atoms with Crippen LogP contribution in [0.1, 0.15) is 17.1 Å². The number of nitrogens with zero attached hydrogens (tertiary/aromatic N) is 5. The highest BCUT2D eigenvalue weighted by Gasteiger charge is 2.08. The van der Waals surface area contributed by atoms with Gasteiger partial charge in [-0.15, -0.1) is 10.2 Å². The minimum Gasteiger partial charge on any atom is -0.383 e. The van der Waals surface area contributed by atoms with E-state index in [0.717, 1.165) is 31.2 Å². The molecule has 0 spiro atoms. The highest BCUT2D eigenvalue weighted by Crippen LogP contribution is 2.05. The largest absolute Gasteiger partial charge is 0.383 e. The maximum Gasteiger partial charge on any atom is 0.147 e. The van der Waals surface area contributed by atoms with Gasteiger partial charge in [0.1, 0.15) is 12.2 Å². The molecule has 0 unspecified atom stereocenters. The maximum atomic E-state index is 5.08. The zero-order valence-electron chi connectivity index (χ0n) is 12.3. The van der Waals surface area contributed by atoms with E-state index < -0.39 is 0 Å². The zero-order chi connectivity index (χ0) is 14.4. The first-order chi connectivity index (χ1) is 9.69. The molecule has 0 aliphatic carbocycles. The fourth-order valence-corrected chi connectivity index (χ4v) is 1.94. The normalized spacial score (nSPS) is 11.2. The van der Waals surface area contributed by atoms with Gasteiger partial charge in [0.2, 0.25) is 0 Å². The van der Waals surface area contributed by atoms with Crippen molar-refractivity contribution in [1.82, 2.24) is 24.6 Å². The van der Waals surface area contributed by atoms with E-state index >= 15 is 0 Å². The Morgan fingerprint density at radius 1 is 1.30 bits per heavy atom. The van der Waals surface area contributed by atoms with E-state index in [1.54, 1.807) is 13.4 Å². The van der Waals surface area contributed by atoms with Crippen molar-refractivity contribution in [3.63, 3.8) is 0 Å². The Kier molecular flexibility index (Phi) is 5.20. The van der Waals surface area contributed by atoms with Gasteiger partial charge in [-0.3, -0.25) is 9.88 Å². The van der Waals surface area contributed by atoms with Crippen LogP contribution in [0.3, 0.4) is 0 Å². The van der Waals surface area contributed by atoms with E-state index in [2.05, 4.69) is 39.3 Å². The van der Waals surface area contributed by atoms with Gasteiger partial charge in [-0.2, -0.15) is 0 Å². The molecule has 2 aromatic rings. The molecule has 0 radical (unpaired) electrons. The molecule has 2 rings (SSSR count). The lowest BCUT2D eigenvalue weighted by molar-refractivity contribution is 0.184. The van der Waals surface area contributed by atoms with Crippen LogP contribution in [0.4, 0.5) is 0 Å². The van der Waals surface area contributed by atoms with E-state index in [0.29, 0.717) is 6.61 Å². The first-order valence-electron chi connectivity index (χ1n) is 6.64. The third-order valence-electron chi connectivity index (χ3n) is 3.05. The van der Waals surface area contributed by atoms with Crippen molar-refractivity contribution in [2.45, 2.75) is 26.6 Å². The maximum absolute atomic E-state index is 5.08. The summed E-state index contributed by atoms with van der Waals surface area (Å²) in [6, 6.07) is 4.14. The van der Waals surface area contributed by atoms with Crippen LogP contribution in [-0.4, -0.2) is 45.4 Å². The third-order valence-corrected chi connectivity index (χ3v) is 3.05. The van der Waals surface area contributed by atoms with Crippen molar-refractivity contribution in [2.75, 3.05) is 20.8 Å². The number of aryl methyl sites for hydroxylation is 1. The number of methoxy groups -OCH3 is 1. The van der Waals surface area contributed by atoms with Crippen LogP contribution in [0, 0.1) is 6.92 Å². The monoisotopic (exact) mass is 275 g/mol. The quantitative estimate of drug-likeness (QED) is 0.761. The molecule has 0 saturated carbocycles. The summed E-state index contributed by atoms with van der Waals surface area (Å²) in [5.41, 5.74) is 2.23. The molecule has 0 N–H and O–H groups in total. The van der Waals surface area contributed by atoms with E-state index in [9.17, 15) is 0 Å². The van der Waals surface area contributed by atoms with Crippen molar-refractivity contribution in [3.8, 4) is 0 Å². The highest BCUT2D eigenvalue weighted by atomic mass is 16.5. The summed E-state index contributed by atoms with van der Waals surface area (Å²) in [5, 5.41) is 8.12. The van der Waals surface area contributed by atoms with Gasteiger partial charge in [0.25, 0.3) is 0 Å². The molecule has 0 amide bonds. The van der Waals surface area contributed by atoms with Crippen molar-refractivity contribution in [1.29, 1.82) is 0 Å². The Morgan fingerprint density at radius 2 is 2.15 bits per heavy atom. The summed E-state index contributed by atoms with van der Waals surface area (Å²) in [6.45, 7) is 5.00. The fourth-order valence-electron chi connectivity index (χ4n) is 1.94. The van der Waals surface area contributed by atoms with Gasteiger partial charge in [-0.05, 0) is 25.6 Å². The molecular weight excluding hydrogens is 254 g/mol. The summed E-state index contributed by atoms with van der Waals surface area (Å²) in [6.07, 6.45) is 3.64. The van der Waals surface area contributed by atoms with Crippen LogP contribution in [0.15, 0.2) is 24.7 Å². The molecule has 0 bridgehead atoms. The predicted molar refractivity (Wildman–Crippen MR) is 76.0 cm³/mol. The molecule has 0 aliphatic rings. The van der Waals surface area contributed by atoms with Crippen molar-refractivity contribution < 1.29 is 4.74 Å². The van der Waals surface area contributed by atoms with Crippen molar-refractivity contribution in [3.05, 3.63) is 41.7 Å². The molecule has 108 valence electrons. The topological polar surface area (TPSA) is 56.1 Å². The average Bonchev–Trinajstić information content (AvgIpc) is 2.86. The Morgan fingerprint density at radius 3 is 2.85 bits per heavy atom. The first-order valence-corrected chi connectivity index (χ1v) is 6.64. The number of pyridine rings is 1. The minimum absolute atomic E-state index is 0.661. The standard InChI is InChI=1S/C14H21N5O/c1-12-4-5-13(15-8-12)9-18(2)10-14-17-16-11-19(14)6-7-20-3/h4-5,8,11H,6-7,9-10H2,1-3H3. The molecular formula is C14H21N5O. The minimum atomic E-state index is 0.661. The average molecular weight is 275 g/mol. The van der Waals surface area contributed by atoms with Crippen LogP contribution in [0.25, 0.3) is 0 Å². The zero-order valence-corrected chi connectivity index (χ0v) is 12.3. The SMILES string of the molecule is COCCn1cnnc1CN(C)Cc1ccc(C)cn1. The van der Waals surface area contributed by atoms with Gasteiger partial charge in [0.15, 0.2) is 0 Å². The first kappa shape index (κ1) is 14.6. The summed E-state index contributed by atoms with van der Waals surface area (Å²) < 4.78 is 7.10. The summed E-state index contributed by atoms with van der Waals surface area (Å²) in [4.78, 5) is 6.59. The lowest BCUT2D eigenvalue weighted by atomic mass is 10.2. The van der Waals surface area contributed by atoms with Gasteiger partial charge < -0.3 is 9.30 Å². The Labute approximate surface area is 119 Å². The molecule has 0 aromatic carbocycles. The number of ether oxygens (including phenoxy) is 1. The molecule has 2 aromatic heterocycles. The molecule has 0 aliphatic heterocycles. The molecule has 0 fully saturated rings. The van der Waals surface area contributed by atoms with Crippen molar-refractivity contribution in [2.24, 2.45) is 0 Å². The number of hydrogen-bond donors (Lipinski definition) is 0. The van der Waals surface area contributed by atoms with Crippen LogP contribution < -0.4 is 0 Å². The van der Waals surface area contributed by atoms with Gasteiger partial charge in [-0.25, -0.2) is 0 Å². The highest BCUT2D eigenvalue weighted by molar-refractivity contribution is 5.12. The summed E-state index contributed by atoms with van der Waals surface area (Å²) >= 11 is 0. The smallest absolute Gasteiger partial charge is 0.147 e. The van der Waals surface area contributed by atoms with Crippen LogP contribution in [-0.2, 0) is 24.4 Å². The summed E-state index contributed by atoms with van der Waals surface area (Å²) in [5.74, 6) is 0.941. The number of rotatable bonds is 7. The van der Waals surface area contributed by atoms with Gasteiger partial charge >= 0.3 is 0 Å². The second-order valence-electron chi connectivity index (χ2n) is 4.93. The fraction of sp³-hybridized carbons (Fsp3) is 0.500. The lowest BCUT2D eigenvalue weighted by Crippen LogP contribution is -2.21. The van der Waals surface area contributed by atoms with E-state index in [1.165, 1.54) is 5.56 Å². The van der Waals surface area contributed by atoms with Crippen LogP contribution >= 0.6 is 0 Å². The van der Waals surface area contributed by atoms with Gasteiger partial charge in [0, 0.05) is 26.4 Å². The molecule has 0 saturated heterocycles. The van der Waals surface area contributed by atoms with Crippen LogP contribution in [0.5, 0.6) is 0 Å². The molecule has 6 heteroatoms. The number of hydrogen-bond acceptors (Lipinski definition) is 5. The van der Waals surface area contributed by atoms with E-state index in [-0.39, 0.29) is 0 Å². The lowest BCUT2D eigenvalue weighted by Gasteiger charge is -2.16. The number of aromatic nitrogens is 4. The Bertz CT molecular complexity index is 523. The third kappa shape index (κ3) is 4.11. The van der Waals surface area contributed by atoms with Crippen molar-refractivity contribution >= 4 is 0 Å². The second-order valence-corrected chi connectivity index (χ2v) is 4.93. The van der Waals surface area contributed by atoms with E-state index in [4.69, 9.17) is 4.74 Å². The van der Waals surface area contributed by atoms with Gasteiger partial charge in [-0.1, -0.05) is 6.07 Å². The van der Waals surface area contributed by atoms with E-state index in [1.807, 2.05) is 17.7 Å². The second kappa shape index (κ2) is 7.12. The molecule has 2 heterocycles. The van der Waals surface area contributed by atoms with Gasteiger partial charge in [0.05, 0.1) is 18.8 Å². The Hall–Kier alpha value is -1.79. The predicted octanol–water partition coefficient (Wildman–Crippen LogP) is 1.26. The van der Waals surface area contributed by atoms with Crippen LogP contribution in [0.2, 0.25) is 0 Å². The molecule has 20 heavy (non-hydrogen) atoms. The molecule has 6 nitrogen and oxygen atoms in total.